The van der Waals surface area contributed by atoms with E-state index >= 15 is 0 Å². The van der Waals surface area contributed by atoms with E-state index in [2.05, 4.69) is 6.92 Å². The molecule has 9 atom stereocenters. The number of halogens is 1. The number of rotatable bonds is 0. The van der Waals surface area contributed by atoms with Crippen molar-refractivity contribution in [2.75, 3.05) is 0 Å². The molecule has 4 unspecified atom stereocenters. The lowest BCUT2D eigenvalue weighted by atomic mass is 9.46. The van der Waals surface area contributed by atoms with Crippen LogP contribution in [0, 0.1) is 34.5 Å². The fourth-order valence-electron chi connectivity index (χ4n) is 6.53. The van der Waals surface area contributed by atoms with Crippen molar-refractivity contribution < 1.29 is 19.7 Å². The third kappa shape index (κ3) is 1.94. The first-order chi connectivity index (χ1) is 10.8. The fraction of sp³-hybridized carbons (Fsp3) is 0.789. The molecule has 0 bridgehead atoms. The van der Waals surface area contributed by atoms with Gasteiger partial charge in [-0.25, -0.2) is 4.39 Å². The van der Waals surface area contributed by atoms with E-state index in [1.54, 1.807) is 6.08 Å². The summed E-state index contributed by atoms with van der Waals surface area (Å²) in [5.41, 5.74) is -0.713. The van der Waals surface area contributed by atoms with Crippen molar-refractivity contribution in [1.29, 1.82) is 0 Å². The molecular formula is C19H27FO3. The van der Waals surface area contributed by atoms with Gasteiger partial charge in [0.1, 0.15) is 11.9 Å². The van der Waals surface area contributed by atoms with E-state index in [4.69, 9.17) is 0 Å². The molecule has 0 aliphatic heterocycles. The lowest BCUT2D eigenvalue weighted by molar-refractivity contribution is -0.150. The van der Waals surface area contributed by atoms with Gasteiger partial charge < -0.3 is 15.3 Å². The smallest absolute Gasteiger partial charge is 0.127 e. The topological polar surface area (TPSA) is 60.7 Å². The van der Waals surface area contributed by atoms with Crippen LogP contribution in [0.4, 0.5) is 4.39 Å². The van der Waals surface area contributed by atoms with Gasteiger partial charge in [0.25, 0.3) is 0 Å². The van der Waals surface area contributed by atoms with Crippen molar-refractivity contribution in [3.63, 3.8) is 0 Å². The summed E-state index contributed by atoms with van der Waals surface area (Å²) in [7, 11) is 0. The molecule has 23 heavy (non-hydrogen) atoms. The van der Waals surface area contributed by atoms with Gasteiger partial charge in [-0.1, -0.05) is 19.9 Å². The molecule has 4 rings (SSSR count). The summed E-state index contributed by atoms with van der Waals surface area (Å²) in [5.74, 6) is 0.962. The molecule has 0 heterocycles. The molecule has 4 aliphatic rings. The van der Waals surface area contributed by atoms with Crippen molar-refractivity contribution >= 4 is 0 Å². The van der Waals surface area contributed by atoms with E-state index in [0.29, 0.717) is 18.6 Å². The molecule has 0 aromatic carbocycles. The van der Waals surface area contributed by atoms with Gasteiger partial charge in [0.15, 0.2) is 0 Å². The standard InChI is InChI=1S/C19H27FO3/c1-18-6-5-11(21)7-10(18)3-4-12-13-8-14(20)17(23)19(13,2)9-15(22)16(12)18/h5-7,10,12-17,21-23H,3-4,8-9H2,1-2H3/t10?,12-,13-,14?,15?,16-,17?,18-,19-/m0/s1. The Bertz CT molecular complexity index is 573. The van der Waals surface area contributed by atoms with Crippen LogP contribution in [0.2, 0.25) is 0 Å². The normalized spacial score (nSPS) is 58.1. The summed E-state index contributed by atoms with van der Waals surface area (Å²) in [4.78, 5) is 0. The zero-order valence-corrected chi connectivity index (χ0v) is 13.8. The first-order valence-electron chi connectivity index (χ1n) is 8.87. The maximum absolute atomic E-state index is 14.2. The van der Waals surface area contributed by atoms with Gasteiger partial charge in [-0.2, -0.15) is 0 Å². The highest BCUT2D eigenvalue weighted by Crippen LogP contribution is 2.65. The second-order valence-electron chi connectivity index (χ2n) is 8.74. The Morgan fingerprint density at radius 2 is 1.96 bits per heavy atom. The van der Waals surface area contributed by atoms with Crippen LogP contribution in [0.3, 0.4) is 0 Å². The minimum Gasteiger partial charge on any atom is -0.508 e. The third-order valence-corrected chi connectivity index (χ3v) is 7.70. The van der Waals surface area contributed by atoms with E-state index in [9.17, 15) is 19.7 Å². The summed E-state index contributed by atoms with van der Waals surface area (Å²) in [5, 5.41) is 31.1. The Kier molecular flexibility index (Phi) is 3.28. The van der Waals surface area contributed by atoms with Crippen LogP contribution in [0.25, 0.3) is 0 Å². The molecule has 0 amide bonds. The second kappa shape index (κ2) is 4.82. The van der Waals surface area contributed by atoms with E-state index in [0.717, 1.165) is 12.8 Å². The summed E-state index contributed by atoms with van der Waals surface area (Å²) < 4.78 is 14.2. The first-order valence-corrected chi connectivity index (χ1v) is 8.87. The van der Waals surface area contributed by atoms with E-state index in [1.807, 2.05) is 19.1 Å². The van der Waals surface area contributed by atoms with Gasteiger partial charge in [-0.15, -0.1) is 0 Å². The summed E-state index contributed by atoms with van der Waals surface area (Å²) in [6.45, 7) is 4.12. The summed E-state index contributed by atoms with van der Waals surface area (Å²) in [6, 6.07) is 0. The Hall–Kier alpha value is -0.870. The SMILES string of the molecule is C[C@]12C=CC(O)=CC1CC[C@@H]1[C@H]2C(O)C[C@]2(C)C(O)C(F)C[C@@H]12. The van der Waals surface area contributed by atoms with Crippen LogP contribution in [0.15, 0.2) is 24.0 Å². The molecule has 0 aromatic heterocycles. The van der Waals surface area contributed by atoms with Gasteiger partial charge in [0.05, 0.1) is 12.2 Å². The lowest BCUT2D eigenvalue weighted by Crippen LogP contribution is -2.58. The highest BCUT2D eigenvalue weighted by atomic mass is 19.1. The number of hydrogen-bond acceptors (Lipinski definition) is 3. The predicted octanol–water partition coefficient (Wildman–Crippen LogP) is 3.14. The Morgan fingerprint density at radius 3 is 2.70 bits per heavy atom. The zero-order chi connectivity index (χ0) is 16.6. The summed E-state index contributed by atoms with van der Waals surface area (Å²) in [6.07, 6.45) is 5.79. The fourth-order valence-corrected chi connectivity index (χ4v) is 6.53. The summed E-state index contributed by atoms with van der Waals surface area (Å²) >= 11 is 0. The molecular weight excluding hydrogens is 295 g/mol. The molecule has 3 saturated carbocycles. The van der Waals surface area contributed by atoms with Crippen LogP contribution < -0.4 is 0 Å². The maximum Gasteiger partial charge on any atom is 0.127 e. The number of aliphatic hydroxyl groups is 3. The number of alkyl halides is 1. The van der Waals surface area contributed by atoms with Crippen LogP contribution in [-0.2, 0) is 0 Å². The number of aliphatic hydroxyl groups excluding tert-OH is 3. The monoisotopic (exact) mass is 322 g/mol. The van der Waals surface area contributed by atoms with Crippen LogP contribution in [0.5, 0.6) is 0 Å². The van der Waals surface area contributed by atoms with E-state index < -0.39 is 23.8 Å². The number of allylic oxidation sites excluding steroid dienone is 3. The molecule has 3 N–H and O–H groups in total. The number of hydrogen-bond donors (Lipinski definition) is 3. The van der Waals surface area contributed by atoms with Crippen molar-refractivity contribution in [2.24, 2.45) is 34.5 Å². The molecule has 4 heteroatoms. The van der Waals surface area contributed by atoms with Crippen LogP contribution in [-0.4, -0.2) is 33.7 Å². The molecule has 3 nitrogen and oxygen atoms in total. The van der Waals surface area contributed by atoms with Crippen molar-refractivity contribution in [3.05, 3.63) is 24.0 Å². The average Bonchev–Trinajstić information content (AvgIpc) is 2.71. The van der Waals surface area contributed by atoms with Gasteiger partial charge in [-0.3, -0.25) is 0 Å². The lowest BCUT2D eigenvalue weighted by Gasteiger charge is -2.59. The molecule has 4 aliphatic carbocycles. The highest BCUT2D eigenvalue weighted by molar-refractivity contribution is 5.28. The van der Waals surface area contributed by atoms with Gasteiger partial charge >= 0.3 is 0 Å². The van der Waals surface area contributed by atoms with E-state index in [-0.39, 0.29) is 29.1 Å². The minimum absolute atomic E-state index is 0.0671. The molecule has 0 spiro atoms. The minimum atomic E-state index is -1.17. The molecule has 0 aromatic rings. The highest BCUT2D eigenvalue weighted by Gasteiger charge is 2.64. The van der Waals surface area contributed by atoms with Crippen molar-refractivity contribution in [2.45, 2.75) is 57.9 Å². The molecule has 0 saturated heterocycles. The predicted molar refractivity (Wildman–Crippen MR) is 85.4 cm³/mol. The van der Waals surface area contributed by atoms with Gasteiger partial charge in [0.2, 0.25) is 0 Å². The number of fused-ring (bicyclic) bond motifs is 5. The zero-order valence-electron chi connectivity index (χ0n) is 13.8. The Morgan fingerprint density at radius 1 is 1.22 bits per heavy atom. The first kappa shape index (κ1) is 15.6. The van der Waals surface area contributed by atoms with Gasteiger partial charge in [-0.05, 0) is 66.9 Å². The molecule has 3 fully saturated rings. The van der Waals surface area contributed by atoms with Crippen molar-refractivity contribution in [3.8, 4) is 0 Å². The average molecular weight is 322 g/mol. The second-order valence-corrected chi connectivity index (χ2v) is 8.74. The van der Waals surface area contributed by atoms with Crippen molar-refractivity contribution in [1.82, 2.24) is 0 Å². The molecule has 0 radical (unpaired) electrons. The quantitative estimate of drug-likeness (QED) is 0.642. The Labute approximate surface area is 136 Å². The largest absolute Gasteiger partial charge is 0.508 e. The van der Waals surface area contributed by atoms with E-state index in [1.165, 1.54) is 0 Å². The van der Waals surface area contributed by atoms with Crippen LogP contribution in [0.1, 0.15) is 39.5 Å². The molecule has 128 valence electrons. The Balaban J connectivity index is 1.73. The third-order valence-electron chi connectivity index (χ3n) is 7.70. The maximum atomic E-state index is 14.2. The van der Waals surface area contributed by atoms with Gasteiger partial charge in [0, 0.05) is 5.41 Å². The van der Waals surface area contributed by atoms with Crippen LogP contribution >= 0.6 is 0 Å².